The van der Waals surface area contributed by atoms with Gasteiger partial charge in [-0.05, 0) is 72.4 Å². The quantitative estimate of drug-likeness (QED) is 0.263. The lowest BCUT2D eigenvalue weighted by Crippen LogP contribution is -2.25. The first-order valence-electron chi connectivity index (χ1n) is 10.6. The van der Waals surface area contributed by atoms with E-state index in [1.165, 1.54) is 12.1 Å². The Hall–Kier alpha value is -3.30. The van der Waals surface area contributed by atoms with Gasteiger partial charge in [-0.3, -0.25) is 0 Å². The van der Waals surface area contributed by atoms with Crippen molar-refractivity contribution >= 4 is 0 Å². The summed E-state index contributed by atoms with van der Waals surface area (Å²) >= 11 is 0. The number of hydrogen-bond acceptors (Lipinski definition) is 2. The Balaban J connectivity index is 1.68. The standard InChI is InChI=1S/C25H20F8O2/c1-2-3-15-10-18(26)22(19(27)11-15)25(32,33)35-17-8-6-14(7-9-17)4-5-16-12-20(28)23(21(29)13-16)34-24(30)31/h6-13,24H,2-5H2,1H3. The van der Waals surface area contributed by atoms with Gasteiger partial charge in [-0.1, -0.05) is 25.5 Å². The number of aryl methyl sites for hydroxylation is 3. The molecule has 35 heavy (non-hydrogen) atoms. The molecule has 0 aromatic heterocycles. The number of benzene rings is 3. The number of alkyl halides is 4. The highest BCUT2D eigenvalue weighted by molar-refractivity contribution is 5.34. The van der Waals surface area contributed by atoms with E-state index in [4.69, 9.17) is 0 Å². The third kappa shape index (κ3) is 6.64. The first-order chi connectivity index (χ1) is 16.5. The van der Waals surface area contributed by atoms with E-state index >= 15 is 0 Å². The van der Waals surface area contributed by atoms with Gasteiger partial charge in [0.2, 0.25) is 0 Å². The van der Waals surface area contributed by atoms with Gasteiger partial charge in [0.15, 0.2) is 17.4 Å². The summed E-state index contributed by atoms with van der Waals surface area (Å²) in [7, 11) is 0. The van der Waals surface area contributed by atoms with Gasteiger partial charge in [-0.15, -0.1) is 0 Å². The summed E-state index contributed by atoms with van der Waals surface area (Å²) in [5, 5.41) is 0. The molecule has 188 valence electrons. The summed E-state index contributed by atoms with van der Waals surface area (Å²) in [5.41, 5.74) is -0.520. The predicted molar refractivity (Wildman–Crippen MR) is 112 cm³/mol. The summed E-state index contributed by atoms with van der Waals surface area (Å²) in [4.78, 5) is 0. The van der Waals surface area contributed by atoms with Gasteiger partial charge in [0.25, 0.3) is 0 Å². The molecule has 0 spiro atoms. The van der Waals surface area contributed by atoms with Crippen LogP contribution in [0.3, 0.4) is 0 Å². The van der Waals surface area contributed by atoms with Crippen LogP contribution in [0.2, 0.25) is 0 Å². The smallest absolute Gasteiger partial charge is 0.429 e. The number of hydrogen-bond donors (Lipinski definition) is 0. The van der Waals surface area contributed by atoms with E-state index in [1.807, 2.05) is 0 Å². The van der Waals surface area contributed by atoms with Crippen LogP contribution in [0.25, 0.3) is 0 Å². The Morgan fingerprint density at radius 3 is 1.71 bits per heavy atom. The van der Waals surface area contributed by atoms with Crippen LogP contribution in [0.4, 0.5) is 35.1 Å². The van der Waals surface area contributed by atoms with Crippen molar-refractivity contribution in [2.24, 2.45) is 0 Å². The second kappa shape index (κ2) is 11.0. The van der Waals surface area contributed by atoms with Crippen molar-refractivity contribution in [3.8, 4) is 11.5 Å². The van der Waals surface area contributed by atoms with E-state index in [0.717, 1.165) is 36.4 Å². The summed E-state index contributed by atoms with van der Waals surface area (Å²) < 4.78 is 118. The fraction of sp³-hybridized carbons (Fsp3) is 0.280. The topological polar surface area (TPSA) is 18.5 Å². The van der Waals surface area contributed by atoms with Crippen LogP contribution >= 0.6 is 0 Å². The molecule has 0 bridgehead atoms. The minimum absolute atomic E-state index is 0.0969. The highest BCUT2D eigenvalue weighted by Crippen LogP contribution is 2.36. The van der Waals surface area contributed by atoms with Gasteiger partial charge in [0.05, 0.1) is 0 Å². The molecule has 2 nitrogen and oxygen atoms in total. The molecule has 0 unspecified atom stereocenters. The lowest BCUT2D eigenvalue weighted by atomic mass is 10.0. The van der Waals surface area contributed by atoms with E-state index in [-0.39, 0.29) is 29.7 Å². The van der Waals surface area contributed by atoms with Crippen molar-refractivity contribution in [2.75, 3.05) is 0 Å². The molecule has 3 aromatic rings. The largest absolute Gasteiger partial charge is 0.432 e. The Morgan fingerprint density at radius 2 is 1.20 bits per heavy atom. The van der Waals surface area contributed by atoms with Crippen LogP contribution in [-0.2, 0) is 25.4 Å². The summed E-state index contributed by atoms with van der Waals surface area (Å²) in [6.07, 6.45) is -3.06. The fourth-order valence-electron chi connectivity index (χ4n) is 3.51. The normalized spacial score (nSPS) is 11.7. The van der Waals surface area contributed by atoms with Gasteiger partial charge in [0.1, 0.15) is 22.9 Å². The molecule has 0 N–H and O–H groups in total. The van der Waals surface area contributed by atoms with Crippen LogP contribution in [0.15, 0.2) is 48.5 Å². The Bertz CT molecular complexity index is 1120. The molecule has 0 aliphatic heterocycles. The maximum atomic E-state index is 14.5. The van der Waals surface area contributed by atoms with Crippen molar-refractivity contribution in [1.29, 1.82) is 0 Å². The number of rotatable bonds is 10. The maximum Gasteiger partial charge on any atom is 0.432 e. The second-order valence-electron chi connectivity index (χ2n) is 7.71. The zero-order valence-corrected chi connectivity index (χ0v) is 18.4. The molecule has 0 radical (unpaired) electrons. The monoisotopic (exact) mass is 504 g/mol. The number of halogens is 8. The molecule has 10 heteroatoms. The van der Waals surface area contributed by atoms with Crippen molar-refractivity contribution in [1.82, 2.24) is 0 Å². The molecule has 0 aliphatic rings. The van der Waals surface area contributed by atoms with Gasteiger partial charge < -0.3 is 9.47 Å². The van der Waals surface area contributed by atoms with Gasteiger partial charge >= 0.3 is 12.7 Å². The van der Waals surface area contributed by atoms with E-state index in [0.29, 0.717) is 18.4 Å². The number of ether oxygens (including phenoxy) is 2. The molecule has 0 saturated carbocycles. The van der Waals surface area contributed by atoms with Crippen molar-refractivity contribution in [2.45, 2.75) is 45.3 Å². The van der Waals surface area contributed by atoms with Crippen LogP contribution in [0.1, 0.15) is 35.6 Å². The zero-order valence-electron chi connectivity index (χ0n) is 18.4. The van der Waals surface area contributed by atoms with Gasteiger partial charge in [-0.25, -0.2) is 17.6 Å². The molecular weight excluding hydrogens is 484 g/mol. The highest BCUT2D eigenvalue weighted by Gasteiger charge is 2.41. The Labute approximate surface area is 196 Å². The first kappa shape index (κ1) is 26.3. The minimum Gasteiger partial charge on any atom is -0.429 e. The SMILES string of the molecule is CCCc1cc(F)c(C(F)(F)Oc2ccc(CCc3cc(F)c(OC(F)F)c(F)c3)cc2)c(F)c1. The highest BCUT2D eigenvalue weighted by atomic mass is 19.3. The van der Waals surface area contributed by atoms with Crippen molar-refractivity contribution < 1.29 is 44.6 Å². The van der Waals surface area contributed by atoms with Gasteiger partial charge in [-0.2, -0.15) is 17.6 Å². The molecule has 0 fully saturated rings. The molecule has 3 aromatic carbocycles. The van der Waals surface area contributed by atoms with E-state index in [2.05, 4.69) is 9.47 Å². The molecule has 0 amide bonds. The second-order valence-corrected chi connectivity index (χ2v) is 7.71. The summed E-state index contributed by atoms with van der Waals surface area (Å²) in [6.45, 7) is -1.60. The van der Waals surface area contributed by atoms with Crippen molar-refractivity contribution in [3.63, 3.8) is 0 Å². The minimum atomic E-state index is -4.28. The lowest BCUT2D eigenvalue weighted by molar-refractivity contribution is -0.189. The average molecular weight is 504 g/mol. The van der Waals surface area contributed by atoms with Crippen LogP contribution in [0, 0.1) is 23.3 Å². The van der Waals surface area contributed by atoms with E-state index in [9.17, 15) is 35.1 Å². The lowest BCUT2D eigenvalue weighted by Gasteiger charge is -2.20. The third-order valence-electron chi connectivity index (χ3n) is 5.07. The van der Waals surface area contributed by atoms with E-state index in [1.54, 1.807) is 6.92 Å². The maximum absolute atomic E-state index is 14.5. The molecular formula is C25H20F8O2. The van der Waals surface area contributed by atoms with Crippen LogP contribution in [0.5, 0.6) is 11.5 Å². The summed E-state index contributed by atoms with van der Waals surface area (Å²) in [6, 6.07) is 8.51. The molecule has 0 aliphatic carbocycles. The predicted octanol–water partition coefficient (Wildman–Crippen LogP) is 7.71. The zero-order chi connectivity index (χ0) is 25.8. The van der Waals surface area contributed by atoms with Crippen LogP contribution < -0.4 is 9.47 Å². The first-order valence-corrected chi connectivity index (χ1v) is 10.6. The molecule has 0 heterocycles. The van der Waals surface area contributed by atoms with Crippen molar-refractivity contribution in [3.05, 3.63) is 94.1 Å². The average Bonchev–Trinajstić information content (AvgIpc) is 2.75. The Kier molecular flexibility index (Phi) is 8.24. The van der Waals surface area contributed by atoms with Gasteiger partial charge in [0, 0.05) is 0 Å². The van der Waals surface area contributed by atoms with E-state index < -0.39 is 47.3 Å². The van der Waals surface area contributed by atoms with Crippen LogP contribution in [-0.4, -0.2) is 6.61 Å². The Morgan fingerprint density at radius 1 is 0.714 bits per heavy atom. The molecule has 3 rings (SSSR count). The summed E-state index contributed by atoms with van der Waals surface area (Å²) in [5.74, 6) is -6.94. The molecule has 0 saturated heterocycles. The fourth-order valence-corrected chi connectivity index (χ4v) is 3.51. The third-order valence-corrected chi connectivity index (χ3v) is 5.07. The molecule has 0 atom stereocenters.